The number of nitrogens with one attached hydrogen (secondary N) is 1. The van der Waals surface area contributed by atoms with Crippen LogP contribution in [0.1, 0.15) is 23.6 Å². The van der Waals surface area contributed by atoms with E-state index in [2.05, 4.69) is 17.4 Å². The van der Waals surface area contributed by atoms with E-state index in [0.717, 1.165) is 19.3 Å². The number of hydrogen-bond acceptors (Lipinski definition) is 1. The first-order chi connectivity index (χ1) is 5.92. The molecule has 2 heteroatoms. The van der Waals surface area contributed by atoms with Gasteiger partial charge in [0.2, 0.25) is 6.41 Å². The molecule has 1 aromatic carbocycles. The average Bonchev–Trinajstić information content (AvgIpc) is 2.50. The van der Waals surface area contributed by atoms with Gasteiger partial charge in [-0.2, -0.15) is 0 Å². The Morgan fingerprint density at radius 3 is 3.08 bits per heavy atom. The maximum atomic E-state index is 10.3. The number of carbonyl (C=O) groups excluding carboxylic acids is 1. The number of carbonyl (C=O) groups is 1. The summed E-state index contributed by atoms with van der Waals surface area (Å²) < 4.78 is 0. The SMILES string of the molecule is O=CN[C@H]1CCc2ccccc21. The van der Waals surface area contributed by atoms with Gasteiger partial charge in [-0.3, -0.25) is 4.79 Å². The average molecular weight is 161 g/mol. The number of fused-ring (bicyclic) bond motifs is 1. The molecule has 0 saturated carbocycles. The lowest BCUT2D eigenvalue weighted by molar-refractivity contribution is -0.110. The normalized spacial score (nSPS) is 20.2. The van der Waals surface area contributed by atoms with Crippen LogP contribution in [0.4, 0.5) is 0 Å². The molecule has 1 atom stereocenters. The van der Waals surface area contributed by atoms with Gasteiger partial charge in [0, 0.05) is 0 Å². The number of hydrogen-bond donors (Lipinski definition) is 1. The summed E-state index contributed by atoms with van der Waals surface area (Å²) in [5.41, 5.74) is 2.65. The fraction of sp³-hybridized carbons (Fsp3) is 0.300. The Morgan fingerprint density at radius 2 is 2.25 bits per heavy atom. The first kappa shape index (κ1) is 7.35. The lowest BCUT2D eigenvalue weighted by Crippen LogP contribution is -2.16. The molecule has 0 heterocycles. The Morgan fingerprint density at radius 1 is 1.42 bits per heavy atom. The molecule has 0 radical (unpaired) electrons. The van der Waals surface area contributed by atoms with Crippen molar-refractivity contribution in [3.05, 3.63) is 35.4 Å². The van der Waals surface area contributed by atoms with E-state index >= 15 is 0 Å². The molecule has 12 heavy (non-hydrogen) atoms. The van der Waals surface area contributed by atoms with Crippen molar-refractivity contribution in [2.75, 3.05) is 0 Å². The standard InChI is InChI=1S/C10H11NO/c12-7-11-10-6-5-8-3-1-2-4-9(8)10/h1-4,7,10H,5-6H2,(H,11,12)/t10-/m0/s1. The van der Waals surface area contributed by atoms with Crippen molar-refractivity contribution in [2.24, 2.45) is 0 Å². The molecular formula is C10H11NO. The molecular weight excluding hydrogens is 150 g/mol. The van der Waals surface area contributed by atoms with Crippen molar-refractivity contribution in [1.82, 2.24) is 5.32 Å². The second-order valence-corrected chi connectivity index (χ2v) is 3.07. The highest BCUT2D eigenvalue weighted by molar-refractivity contribution is 5.49. The molecule has 1 aliphatic carbocycles. The van der Waals surface area contributed by atoms with E-state index in [1.807, 2.05) is 12.1 Å². The van der Waals surface area contributed by atoms with E-state index in [0.29, 0.717) is 0 Å². The fourth-order valence-electron chi connectivity index (χ4n) is 1.81. The third kappa shape index (κ3) is 1.09. The van der Waals surface area contributed by atoms with Crippen LogP contribution in [-0.2, 0) is 11.2 Å². The summed E-state index contributed by atoms with van der Waals surface area (Å²) in [6.45, 7) is 0. The molecule has 2 rings (SSSR count). The number of aryl methyl sites for hydroxylation is 1. The molecule has 0 saturated heterocycles. The molecule has 0 spiro atoms. The van der Waals surface area contributed by atoms with Gasteiger partial charge in [-0.15, -0.1) is 0 Å². The molecule has 2 nitrogen and oxygen atoms in total. The van der Waals surface area contributed by atoms with Crippen LogP contribution in [0.3, 0.4) is 0 Å². The monoisotopic (exact) mass is 161 g/mol. The zero-order valence-corrected chi connectivity index (χ0v) is 6.79. The summed E-state index contributed by atoms with van der Waals surface area (Å²) in [5, 5.41) is 2.82. The zero-order valence-electron chi connectivity index (χ0n) is 6.79. The van der Waals surface area contributed by atoms with Crippen LogP contribution in [0.5, 0.6) is 0 Å². The highest BCUT2D eigenvalue weighted by Gasteiger charge is 2.20. The largest absolute Gasteiger partial charge is 0.352 e. The van der Waals surface area contributed by atoms with Crippen LogP contribution in [0.25, 0.3) is 0 Å². The third-order valence-electron chi connectivity index (χ3n) is 2.40. The summed E-state index contributed by atoms with van der Waals surface area (Å²) in [6.07, 6.45) is 2.91. The summed E-state index contributed by atoms with van der Waals surface area (Å²) >= 11 is 0. The smallest absolute Gasteiger partial charge is 0.207 e. The van der Waals surface area contributed by atoms with E-state index in [4.69, 9.17) is 0 Å². The quantitative estimate of drug-likeness (QED) is 0.653. The van der Waals surface area contributed by atoms with Gasteiger partial charge in [0.1, 0.15) is 0 Å². The van der Waals surface area contributed by atoms with Gasteiger partial charge in [0.05, 0.1) is 6.04 Å². The van der Waals surface area contributed by atoms with Crippen LogP contribution in [-0.4, -0.2) is 6.41 Å². The Balaban J connectivity index is 2.29. The predicted molar refractivity (Wildman–Crippen MR) is 46.7 cm³/mol. The highest BCUT2D eigenvalue weighted by Crippen LogP contribution is 2.29. The molecule has 1 aromatic rings. The van der Waals surface area contributed by atoms with Gasteiger partial charge in [-0.1, -0.05) is 24.3 Å². The van der Waals surface area contributed by atoms with Gasteiger partial charge < -0.3 is 5.32 Å². The fourth-order valence-corrected chi connectivity index (χ4v) is 1.81. The van der Waals surface area contributed by atoms with Crippen LogP contribution in [0, 0.1) is 0 Å². The lowest BCUT2D eigenvalue weighted by Gasteiger charge is -2.08. The minimum atomic E-state index is 0.249. The number of benzene rings is 1. The number of rotatable bonds is 2. The van der Waals surface area contributed by atoms with E-state index in [-0.39, 0.29) is 6.04 Å². The van der Waals surface area contributed by atoms with E-state index in [1.54, 1.807) is 0 Å². The van der Waals surface area contributed by atoms with Crippen LogP contribution >= 0.6 is 0 Å². The molecule has 62 valence electrons. The second kappa shape index (κ2) is 2.97. The van der Waals surface area contributed by atoms with Crippen molar-refractivity contribution in [3.63, 3.8) is 0 Å². The van der Waals surface area contributed by atoms with Crippen LogP contribution in [0.2, 0.25) is 0 Å². The van der Waals surface area contributed by atoms with Gasteiger partial charge in [-0.05, 0) is 24.0 Å². The van der Waals surface area contributed by atoms with Crippen molar-refractivity contribution < 1.29 is 4.79 Å². The van der Waals surface area contributed by atoms with Crippen molar-refractivity contribution in [2.45, 2.75) is 18.9 Å². The molecule has 0 aliphatic heterocycles. The van der Waals surface area contributed by atoms with Crippen molar-refractivity contribution >= 4 is 6.41 Å². The summed E-state index contributed by atoms with van der Waals surface area (Å²) in [7, 11) is 0. The second-order valence-electron chi connectivity index (χ2n) is 3.07. The third-order valence-corrected chi connectivity index (χ3v) is 2.40. The minimum absolute atomic E-state index is 0.249. The van der Waals surface area contributed by atoms with E-state index < -0.39 is 0 Å². The Bertz CT molecular complexity index is 296. The van der Waals surface area contributed by atoms with Gasteiger partial charge in [-0.25, -0.2) is 0 Å². The van der Waals surface area contributed by atoms with Gasteiger partial charge >= 0.3 is 0 Å². The minimum Gasteiger partial charge on any atom is -0.352 e. The van der Waals surface area contributed by atoms with Gasteiger partial charge in [0.15, 0.2) is 0 Å². The summed E-state index contributed by atoms with van der Waals surface area (Å²) in [6, 6.07) is 8.52. The molecule has 0 fully saturated rings. The van der Waals surface area contributed by atoms with E-state index in [9.17, 15) is 4.79 Å². The number of amides is 1. The molecule has 0 aromatic heterocycles. The highest BCUT2D eigenvalue weighted by atomic mass is 16.1. The summed E-state index contributed by atoms with van der Waals surface area (Å²) in [5.74, 6) is 0. The molecule has 0 bridgehead atoms. The Labute approximate surface area is 71.6 Å². The van der Waals surface area contributed by atoms with E-state index in [1.165, 1.54) is 11.1 Å². The first-order valence-electron chi connectivity index (χ1n) is 4.19. The molecule has 1 amide bonds. The lowest BCUT2D eigenvalue weighted by atomic mass is 10.1. The summed E-state index contributed by atoms with van der Waals surface area (Å²) in [4.78, 5) is 10.3. The maximum Gasteiger partial charge on any atom is 0.207 e. The Hall–Kier alpha value is -1.31. The van der Waals surface area contributed by atoms with Crippen molar-refractivity contribution in [3.8, 4) is 0 Å². The van der Waals surface area contributed by atoms with Gasteiger partial charge in [0.25, 0.3) is 0 Å². The predicted octanol–water partition coefficient (Wildman–Crippen LogP) is 1.42. The molecule has 1 aliphatic rings. The van der Waals surface area contributed by atoms with Crippen LogP contribution < -0.4 is 5.32 Å². The van der Waals surface area contributed by atoms with Crippen molar-refractivity contribution in [1.29, 1.82) is 0 Å². The maximum absolute atomic E-state index is 10.3. The topological polar surface area (TPSA) is 29.1 Å². The Kier molecular flexibility index (Phi) is 1.82. The zero-order chi connectivity index (χ0) is 8.39. The molecule has 0 unspecified atom stereocenters. The van der Waals surface area contributed by atoms with Crippen LogP contribution in [0.15, 0.2) is 24.3 Å². The first-order valence-corrected chi connectivity index (χ1v) is 4.19. The molecule has 1 N–H and O–H groups in total.